The van der Waals surface area contributed by atoms with Crippen molar-refractivity contribution in [1.82, 2.24) is 0 Å². The topological polar surface area (TPSA) is 34.1 Å². The fourth-order valence-electron chi connectivity index (χ4n) is 1.55. The molecule has 1 rings (SSSR count). The summed E-state index contributed by atoms with van der Waals surface area (Å²) in [5.74, 6) is -33.6. The zero-order chi connectivity index (χ0) is 20.8. The van der Waals surface area contributed by atoms with Crippen molar-refractivity contribution in [3.63, 3.8) is 0 Å². The highest BCUT2D eigenvalue weighted by Crippen LogP contribution is 2.47. The lowest BCUT2D eigenvalue weighted by Gasteiger charge is -2.26. The smallest absolute Gasteiger partial charge is 0.293 e. The molecule has 0 saturated heterocycles. The summed E-state index contributed by atoms with van der Waals surface area (Å²) in [5, 5.41) is 0. The summed E-state index contributed by atoms with van der Waals surface area (Å²) >= 11 is 0. The maximum atomic E-state index is 13.3. The van der Waals surface area contributed by atoms with Gasteiger partial charge < -0.3 is 0 Å². The molecule has 0 atom stereocenters. The van der Waals surface area contributed by atoms with E-state index >= 15 is 0 Å². The maximum Gasteiger partial charge on any atom is 0.460 e. The Morgan fingerprint density at radius 1 is 0.654 bits per heavy atom. The lowest BCUT2D eigenvalue weighted by molar-refractivity contribution is -0.343. The molecule has 0 spiro atoms. The van der Waals surface area contributed by atoms with Gasteiger partial charge in [-0.3, -0.25) is 9.59 Å². The number of carbonyl (C=O) groups is 2. The molecule has 0 aliphatic carbocycles. The first-order valence-electron chi connectivity index (χ1n) is 5.88. The second-order valence-corrected chi connectivity index (χ2v) is 4.61. The van der Waals surface area contributed by atoms with Crippen molar-refractivity contribution in [3.8, 4) is 0 Å². The molecule has 0 heterocycles. The molecular weight excluding hydrogens is 404 g/mol. The molecular formula is C12H2F12O2. The average molecular weight is 406 g/mol. The van der Waals surface area contributed by atoms with Crippen LogP contribution in [0.25, 0.3) is 0 Å². The van der Waals surface area contributed by atoms with Crippen molar-refractivity contribution in [2.75, 3.05) is 0 Å². The Morgan fingerprint density at radius 3 is 1.35 bits per heavy atom. The van der Waals surface area contributed by atoms with Gasteiger partial charge in [-0.05, 0) is 0 Å². The molecule has 0 amide bonds. The third kappa shape index (κ3) is 3.23. The first-order valence-corrected chi connectivity index (χ1v) is 5.88. The molecule has 2 nitrogen and oxygen atoms in total. The van der Waals surface area contributed by atoms with Gasteiger partial charge in [0, 0.05) is 0 Å². The highest BCUT2D eigenvalue weighted by Gasteiger charge is 2.75. The monoisotopic (exact) mass is 406 g/mol. The molecule has 0 bridgehead atoms. The van der Waals surface area contributed by atoms with Crippen LogP contribution < -0.4 is 0 Å². The van der Waals surface area contributed by atoms with E-state index < -0.39 is 70.7 Å². The van der Waals surface area contributed by atoms with Crippen molar-refractivity contribution in [3.05, 3.63) is 34.6 Å². The quantitative estimate of drug-likeness (QED) is 0.240. The Balaban J connectivity index is 3.31. The number of carbonyl (C=O) groups excluding carboxylic acids is 2. The Labute approximate surface area is 134 Å². The predicted octanol–water partition coefficient (Wildman–Crippen LogP) is 4.36. The van der Waals surface area contributed by atoms with Gasteiger partial charge in [0.2, 0.25) is 11.6 Å². The summed E-state index contributed by atoms with van der Waals surface area (Å²) in [4.78, 5) is 22.3. The molecule has 0 fully saturated rings. The van der Waals surface area contributed by atoms with Crippen LogP contribution in [0.5, 0.6) is 0 Å². The number of rotatable bonds is 5. The zero-order valence-electron chi connectivity index (χ0n) is 11.6. The fraction of sp³-hybridized carbons (Fsp3) is 0.333. The van der Waals surface area contributed by atoms with E-state index in [0.29, 0.717) is 0 Å². The summed E-state index contributed by atoms with van der Waals surface area (Å²) in [5.41, 5.74) is -2.44. The minimum Gasteiger partial charge on any atom is -0.293 e. The van der Waals surface area contributed by atoms with Crippen LogP contribution in [0.1, 0.15) is 16.8 Å². The normalized spacial score (nSPS) is 13.1. The third-order valence-electron chi connectivity index (χ3n) is 2.91. The number of alkyl halides is 7. The molecule has 26 heavy (non-hydrogen) atoms. The van der Waals surface area contributed by atoms with Gasteiger partial charge in [-0.2, -0.15) is 30.7 Å². The van der Waals surface area contributed by atoms with Gasteiger partial charge in [-0.25, -0.2) is 22.0 Å². The molecule has 0 N–H and O–H groups in total. The Bertz CT molecular complexity index is 735. The average Bonchev–Trinajstić information content (AvgIpc) is 2.49. The molecule has 0 aliphatic heterocycles. The van der Waals surface area contributed by atoms with Gasteiger partial charge in [0.05, 0.1) is 12.0 Å². The predicted molar refractivity (Wildman–Crippen MR) is 56.1 cm³/mol. The number of hydrogen-bond acceptors (Lipinski definition) is 2. The van der Waals surface area contributed by atoms with Crippen LogP contribution in [-0.2, 0) is 4.79 Å². The van der Waals surface area contributed by atoms with Crippen molar-refractivity contribution < 1.29 is 62.3 Å². The van der Waals surface area contributed by atoms with E-state index in [1.165, 1.54) is 0 Å². The Kier molecular flexibility index (Phi) is 5.41. The van der Waals surface area contributed by atoms with Gasteiger partial charge >= 0.3 is 18.0 Å². The van der Waals surface area contributed by atoms with E-state index in [-0.39, 0.29) is 0 Å². The SMILES string of the molecule is O=C(CC(=O)C(F)(F)C(F)(F)C(F)(F)F)c1c(F)c(F)c(F)c(F)c1F. The highest BCUT2D eigenvalue weighted by molar-refractivity contribution is 6.10. The van der Waals surface area contributed by atoms with Crippen molar-refractivity contribution in [1.29, 1.82) is 0 Å². The standard InChI is InChI=1S/C12H2F12O2/c13-5-4(6(14)8(16)9(17)7(5)15)2(25)1-3(26)10(18,19)11(20,21)12(22,23)24/h1H2. The zero-order valence-corrected chi connectivity index (χ0v) is 11.6. The van der Waals surface area contributed by atoms with E-state index in [2.05, 4.69) is 0 Å². The summed E-state index contributed by atoms with van der Waals surface area (Å²) in [7, 11) is 0. The Morgan fingerprint density at radius 2 is 1.00 bits per heavy atom. The largest absolute Gasteiger partial charge is 0.460 e. The van der Waals surface area contributed by atoms with Crippen LogP contribution in [-0.4, -0.2) is 29.6 Å². The lowest BCUT2D eigenvalue weighted by atomic mass is 9.98. The van der Waals surface area contributed by atoms with Crippen molar-refractivity contribution in [2.45, 2.75) is 24.4 Å². The fourth-order valence-corrected chi connectivity index (χ4v) is 1.55. The molecule has 1 aromatic carbocycles. The van der Waals surface area contributed by atoms with Crippen molar-refractivity contribution >= 4 is 11.6 Å². The summed E-state index contributed by atoms with van der Waals surface area (Å²) in [6, 6.07) is 0. The molecule has 0 aliphatic rings. The summed E-state index contributed by atoms with van der Waals surface area (Å²) < 4.78 is 152. The highest BCUT2D eigenvalue weighted by atomic mass is 19.4. The van der Waals surface area contributed by atoms with Crippen LogP contribution in [0.15, 0.2) is 0 Å². The summed E-state index contributed by atoms with van der Waals surface area (Å²) in [6.07, 6.45) is -9.64. The van der Waals surface area contributed by atoms with Crippen LogP contribution in [0.4, 0.5) is 52.7 Å². The lowest BCUT2D eigenvalue weighted by Crippen LogP contribution is -2.56. The molecule has 146 valence electrons. The van der Waals surface area contributed by atoms with Crippen LogP contribution in [0.2, 0.25) is 0 Å². The van der Waals surface area contributed by atoms with Crippen LogP contribution in [0, 0.1) is 29.1 Å². The minimum absolute atomic E-state index is 2.44. The maximum absolute atomic E-state index is 13.3. The molecule has 14 heteroatoms. The number of halogens is 12. The minimum atomic E-state index is -6.96. The molecule has 0 unspecified atom stereocenters. The second-order valence-electron chi connectivity index (χ2n) is 4.61. The molecule has 0 aromatic heterocycles. The Hall–Kier alpha value is -2.28. The van der Waals surface area contributed by atoms with E-state index in [4.69, 9.17) is 0 Å². The van der Waals surface area contributed by atoms with E-state index in [9.17, 15) is 62.3 Å². The van der Waals surface area contributed by atoms with Gasteiger partial charge in [0.15, 0.2) is 29.1 Å². The first-order chi connectivity index (χ1) is 11.5. The third-order valence-corrected chi connectivity index (χ3v) is 2.91. The first kappa shape index (κ1) is 21.8. The van der Waals surface area contributed by atoms with Gasteiger partial charge in [0.1, 0.15) is 0 Å². The van der Waals surface area contributed by atoms with Gasteiger partial charge in [0.25, 0.3) is 0 Å². The number of benzene rings is 1. The van der Waals surface area contributed by atoms with Crippen LogP contribution in [0.3, 0.4) is 0 Å². The van der Waals surface area contributed by atoms with Gasteiger partial charge in [-0.15, -0.1) is 0 Å². The molecule has 1 aromatic rings. The van der Waals surface area contributed by atoms with Crippen LogP contribution >= 0.6 is 0 Å². The number of Topliss-reactive ketones (excluding diaryl/α,β-unsaturated/α-hetero) is 2. The molecule has 0 radical (unpaired) electrons. The number of hydrogen-bond donors (Lipinski definition) is 0. The second kappa shape index (κ2) is 6.46. The van der Waals surface area contributed by atoms with Gasteiger partial charge in [-0.1, -0.05) is 0 Å². The van der Waals surface area contributed by atoms with E-state index in [0.717, 1.165) is 0 Å². The summed E-state index contributed by atoms with van der Waals surface area (Å²) in [6.45, 7) is 0. The van der Waals surface area contributed by atoms with E-state index in [1.54, 1.807) is 0 Å². The van der Waals surface area contributed by atoms with E-state index in [1.807, 2.05) is 0 Å². The number of ketones is 2. The molecule has 0 saturated carbocycles. The van der Waals surface area contributed by atoms with Crippen molar-refractivity contribution in [2.24, 2.45) is 0 Å².